The highest BCUT2D eigenvalue weighted by molar-refractivity contribution is 6.30. The summed E-state index contributed by atoms with van der Waals surface area (Å²) < 4.78 is 52.1. The Bertz CT molecular complexity index is 1700. The number of nitrogens with one attached hydrogen (secondary N) is 1. The number of hydrogen-bond donors (Lipinski definition) is 1. The van der Waals surface area contributed by atoms with E-state index >= 15 is 0 Å². The Labute approximate surface area is 258 Å². The average molecular weight is 624 g/mol. The van der Waals surface area contributed by atoms with Gasteiger partial charge in [0, 0.05) is 41.4 Å². The van der Waals surface area contributed by atoms with Gasteiger partial charge in [-0.05, 0) is 105 Å². The first-order chi connectivity index (χ1) is 21.1. The number of ether oxygens (including phenoxy) is 2. The Morgan fingerprint density at radius 2 is 1.86 bits per heavy atom. The molecule has 2 aromatic heterocycles. The minimum absolute atomic E-state index is 0.0122. The van der Waals surface area contributed by atoms with Crippen LogP contribution in [0, 0.1) is 12.8 Å². The van der Waals surface area contributed by atoms with Crippen LogP contribution in [0.15, 0.2) is 48.7 Å². The van der Waals surface area contributed by atoms with Crippen LogP contribution < -0.4 is 9.47 Å². The molecule has 44 heavy (non-hydrogen) atoms. The molecule has 1 saturated carbocycles. The molecule has 0 spiro atoms. The van der Waals surface area contributed by atoms with Gasteiger partial charge in [0.15, 0.2) is 17.3 Å². The Balaban J connectivity index is 1.05. The molecule has 1 atom stereocenters. The molecule has 1 N–H and O–H groups in total. The third kappa shape index (κ3) is 5.77. The van der Waals surface area contributed by atoms with E-state index in [4.69, 9.17) is 26.1 Å². The molecule has 0 bridgehead atoms. The first-order valence-corrected chi connectivity index (χ1v) is 15.4. The number of piperidine rings is 1. The number of hydrogen-bond acceptors (Lipinski definition) is 6. The van der Waals surface area contributed by atoms with E-state index in [2.05, 4.69) is 21.0 Å². The van der Waals surface area contributed by atoms with Crippen LogP contribution in [-0.4, -0.2) is 38.2 Å². The predicted molar refractivity (Wildman–Crippen MR) is 160 cm³/mol. The number of para-hydroxylation sites is 1. The van der Waals surface area contributed by atoms with E-state index in [0.717, 1.165) is 79.1 Å². The van der Waals surface area contributed by atoms with Crippen LogP contribution in [0.5, 0.6) is 11.5 Å². The zero-order valence-corrected chi connectivity index (χ0v) is 25.3. The molecule has 2 aromatic carbocycles. The lowest BCUT2D eigenvalue weighted by molar-refractivity contribution is -0.144. The van der Waals surface area contributed by atoms with Gasteiger partial charge < -0.3 is 9.47 Å². The van der Waals surface area contributed by atoms with Gasteiger partial charge in [0.25, 0.3) is 5.79 Å². The van der Waals surface area contributed by atoms with Crippen molar-refractivity contribution in [3.8, 4) is 22.9 Å². The van der Waals surface area contributed by atoms with Crippen LogP contribution in [0.3, 0.4) is 0 Å². The SMILES string of the molecule is Cc1cc(Cl)ccc1C1(C)Oc2cccc(C3CCN(Cc4ncc(-c5n[nH]c(C(F)(F)F)n5)cc4CC4CC4)CC3)c2O1. The van der Waals surface area contributed by atoms with Crippen molar-refractivity contribution in [2.75, 3.05) is 13.1 Å². The molecule has 1 saturated heterocycles. The van der Waals surface area contributed by atoms with E-state index in [1.165, 1.54) is 5.56 Å². The smallest absolute Gasteiger partial charge is 0.445 e. The number of H-pyrrole nitrogens is 1. The number of fused-ring (bicyclic) bond motifs is 1. The standard InChI is InChI=1S/C33H33ClF3N5O2/c1-19-14-24(34)8-9-26(19)32(2)43-28-5-3-4-25(29(28)44-32)21-10-12-42(13-11-21)18-27-22(15-20-6-7-20)16-23(17-38-27)30-39-31(41-40-30)33(35,36)37/h3-5,8-9,14,16-17,20-21H,6-7,10-13,15,18H2,1-2H3,(H,39,40,41). The number of benzene rings is 2. The maximum Gasteiger partial charge on any atom is 0.451 e. The lowest BCUT2D eigenvalue weighted by Gasteiger charge is -2.33. The molecule has 2 aliphatic heterocycles. The molecule has 0 radical (unpaired) electrons. The third-order valence-electron chi connectivity index (χ3n) is 8.97. The van der Waals surface area contributed by atoms with Crippen LogP contribution in [0.1, 0.15) is 72.3 Å². The second-order valence-electron chi connectivity index (χ2n) is 12.3. The highest BCUT2D eigenvalue weighted by Crippen LogP contribution is 2.50. The lowest BCUT2D eigenvalue weighted by Crippen LogP contribution is -2.34. The van der Waals surface area contributed by atoms with Gasteiger partial charge in [-0.15, -0.1) is 0 Å². The maximum absolute atomic E-state index is 13.1. The quantitative estimate of drug-likeness (QED) is 0.226. The van der Waals surface area contributed by atoms with Gasteiger partial charge in [-0.1, -0.05) is 23.7 Å². The van der Waals surface area contributed by atoms with Crippen molar-refractivity contribution in [1.82, 2.24) is 25.1 Å². The van der Waals surface area contributed by atoms with Crippen LogP contribution in [0.2, 0.25) is 5.02 Å². The van der Waals surface area contributed by atoms with Gasteiger partial charge >= 0.3 is 6.18 Å². The first-order valence-electron chi connectivity index (χ1n) is 15.0. The number of nitrogens with zero attached hydrogens (tertiary/aromatic N) is 4. The minimum atomic E-state index is -4.57. The van der Waals surface area contributed by atoms with Crippen molar-refractivity contribution in [1.29, 1.82) is 0 Å². The number of halogens is 4. The minimum Gasteiger partial charge on any atom is -0.445 e. The summed E-state index contributed by atoms with van der Waals surface area (Å²) in [4.78, 5) is 10.8. The topological polar surface area (TPSA) is 76.2 Å². The Hall–Kier alpha value is -3.63. The van der Waals surface area contributed by atoms with Crippen LogP contribution in [0.4, 0.5) is 13.2 Å². The first kappa shape index (κ1) is 29.1. The van der Waals surface area contributed by atoms with Crippen molar-refractivity contribution < 1.29 is 22.6 Å². The lowest BCUT2D eigenvalue weighted by atomic mass is 9.88. The van der Waals surface area contributed by atoms with E-state index < -0.39 is 17.8 Å². The molecule has 2 fully saturated rings. The molecule has 7 rings (SSSR count). The van der Waals surface area contributed by atoms with Gasteiger partial charge in [-0.25, -0.2) is 4.98 Å². The second-order valence-corrected chi connectivity index (χ2v) is 12.8. The van der Waals surface area contributed by atoms with Gasteiger partial charge in [-0.3, -0.25) is 15.0 Å². The summed E-state index contributed by atoms with van der Waals surface area (Å²) in [5.74, 6) is 0.472. The molecule has 3 aliphatic rings. The number of rotatable bonds is 7. The molecule has 11 heteroatoms. The number of pyridine rings is 1. The fourth-order valence-electron chi connectivity index (χ4n) is 6.46. The molecule has 230 valence electrons. The van der Waals surface area contributed by atoms with Crippen molar-refractivity contribution in [2.45, 2.75) is 70.4 Å². The number of alkyl halides is 3. The number of likely N-dealkylation sites (tertiary alicyclic amines) is 1. The zero-order valence-electron chi connectivity index (χ0n) is 24.5. The van der Waals surface area contributed by atoms with Gasteiger partial charge in [0.2, 0.25) is 5.82 Å². The summed E-state index contributed by atoms with van der Waals surface area (Å²) in [5.41, 5.74) is 5.65. The zero-order chi connectivity index (χ0) is 30.6. The molecule has 7 nitrogen and oxygen atoms in total. The van der Waals surface area contributed by atoms with E-state index in [0.29, 0.717) is 29.0 Å². The second kappa shape index (κ2) is 11.1. The summed E-state index contributed by atoms with van der Waals surface area (Å²) in [5, 5.41) is 6.48. The fraction of sp³-hybridized carbons (Fsp3) is 0.424. The van der Waals surface area contributed by atoms with E-state index in [1.807, 2.05) is 55.3 Å². The summed E-state index contributed by atoms with van der Waals surface area (Å²) in [6, 6.07) is 13.8. The molecule has 1 unspecified atom stereocenters. The van der Waals surface area contributed by atoms with Crippen LogP contribution >= 0.6 is 11.6 Å². The highest BCUT2D eigenvalue weighted by Gasteiger charge is 2.42. The van der Waals surface area contributed by atoms with Crippen molar-refractivity contribution in [2.24, 2.45) is 5.92 Å². The molecule has 4 aromatic rings. The maximum atomic E-state index is 13.1. The van der Waals surface area contributed by atoms with Gasteiger partial charge in [0.05, 0.1) is 5.69 Å². The summed E-state index contributed by atoms with van der Waals surface area (Å²) in [7, 11) is 0. The molecular weight excluding hydrogens is 591 g/mol. The Morgan fingerprint density at radius 3 is 2.57 bits per heavy atom. The van der Waals surface area contributed by atoms with E-state index in [-0.39, 0.29) is 5.82 Å². The monoisotopic (exact) mass is 623 g/mol. The fourth-order valence-corrected chi connectivity index (χ4v) is 6.69. The van der Waals surface area contributed by atoms with Crippen LogP contribution in [-0.2, 0) is 24.9 Å². The number of aromatic amines is 1. The van der Waals surface area contributed by atoms with Gasteiger partial charge in [0.1, 0.15) is 0 Å². The number of aryl methyl sites for hydroxylation is 1. The van der Waals surface area contributed by atoms with Crippen molar-refractivity contribution in [3.05, 3.63) is 87.5 Å². The van der Waals surface area contributed by atoms with Crippen molar-refractivity contribution in [3.63, 3.8) is 0 Å². The highest BCUT2D eigenvalue weighted by atomic mass is 35.5. The molecule has 1 aliphatic carbocycles. The normalized spacial score (nSPS) is 20.8. The molecule has 0 amide bonds. The number of aromatic nitrogens is 4. The largest absolute Gasteiger partial charge is 0.451 e. The predicted octanol–water partition coefficient (Wildman–Crippen LogP) is 7.82. The Morgan fingerprint density at radius 1 is 1.07 bits per heavy atom. The molecule has 4 heterocycles. The molecular formula is C33H33ClF3N5O2. The summed E-state index contributed by atoms with van der Waals surface area (Å²) in [6.45, 7) is 6.44. The van der Waals surface area contributed by atoms with Crippen LogP contribution in [0.25, 0.3) is 11.4 Å². The third-order valence-corrected chi connectivity index (χ3v) is 9.20. The average Bonchev–Trinajstić information content (AvgIpc) is 3.50. The van der Waals surface area contributed by atoms with E-state index in [1.54, 1.807) is 6.20 Å². The van der Waals surface area contributed by atoms with Gasteiger partial charge in [-0.2, -0.15) is 18.3 Å². The summed E-state index contributed by atoms with van der Waals surface area (Å²) >= 11 is 6.20. The van der Waals surface area contributed by atoms with Crippen molar-refractivity contribution >= 4 is 11.6 Å². The Kier molecular flexibility index (Phi) is 7.32. The van der Waals surface area contributed by atoms with E-state index in [9.17, 15) is 13.2 Å². The summed E-state index contributed by atoms with van der Waals surface area (Å²) in [6.07, 6.45) is 2.13.